The fourth-order valence-corrected chi connectivity index (χ4v) is 5.98. The van der Waals surface area contributed by atoms with E-state index in [2.05, 4.69) is 5.32 Å². The number of hydrogen-bond acceptors (Lipinski definition) is 9. The number of methoxy groups -OCH3 is 3. The van der Waals surface area contributed by atoms with Crippen molar-refractivity contribution >= 4 is 5.91 Å². The molecule has 5 rings (SSSR count). The molecular weight excluding hydrogens is 621 g/mol. The molecule has 254 valence electrons. The number of carbonyl (C=O) groups is 1. The lowest BCUT2D eigenvalue weighted by atomic mass is 9.89. The Morgan fingerprint density at radius 2 is 1.60 bits per heavy atom. The molecule has 0 spiro atoms. The van der Waals surface area contributed by atoms with E-state index >= 15 is 0 Å². The van der Waals surface area contributed by atoms with Crippen molar-refractivity contribution in [3.8, 4) is 45.3 Å². The minimum atomic E-state index is -1.46. The number of carbonyl (C=O) groups excluding carboxylic acids is 1. The van der Waals surface area contributed by atoms with Gasteiger partial charge >= 0.3 is 0 Å². The number of phenolic OH excluding ortho intramolecular Hbond substituents is 1. The van der Waals surface area contributed by atoms with Gasteiger partial charge < -0.3 is 44.3 Å². The smallest absolute Gasteiger partial charge is 0.251 e. The fourth-order valence-electron chi connectivity index (χ4n) is 5.98. The minimum absolute atomic E-state index is 0.116. The number of aliphatic hydroxyl groups excluding tert-OH is 2. The predicted octanol–water partition coefficient (Wildman–Crippen LogP) is 5.11. The quantitative estimate of drug-likeness (QED) is 0.173. The van der Waals surface area contributed by atoms with Gasteiger partial charge in [0.1, 0.15) is 47.1 Å². The maximum atomic E-state index is 14.3. The molecule has 1 amide bonds. The van der Waals surface area contributed by atoms with E-state index in [4.69, 9.17) is 23.7 Å². The third-order valence-electron chi connectivity index (χ3n) is 8.39. The summed E-state index contributed by atoms with van der Waals surface area (Å²) < 4.78 is 42.4. The lowest BCUT2D eigenvalue weighted by Crippen LogP contribution is -2.63. The van der Waals surface area contributed by atoms with Gasteiger partial charge in [-0.1, -0.05) is 24.3 Å². The van der Waals surface area contributed by atoms with Crippen LogP contribution >= 0.6 is 0 Å². The van der Waals surface area contributed by atoms with Crippen molar-refractivity contribution in [2.24, 2.45) is 0 Å². The first-order valence-corrected chi connectivity index (χ1v) is 15.4. The number of benzene rings is 4. The third kappa shape index (κ3) is 7.39. The van der Waals surface area contributed by atoms with Crippen LogP contribution in [0.25, 0.3) is 22.3 Å². The number of halogens is 1. The molecule has 1 heterocycles. The molecule has 4 N–H and O–H groups in total. The molecule has 1 fully saturated rings. The van der Waals surface area contributed by atoms with Gasteiger partial charge in [-0.2, -0.15) is 0 Å². The summed E-state index contributed by atoms with van der Waals surface area (Å²) in [6.07, 6.45) is -4.68. The van der Waals surface area contributed by atoms with Crippen molar-refractivity contribution in [2.45, 2.75) is 50.5 Å². The van der Waals surface area contributed by atoms with Gasteiger partial charge in [-0.15, -0.1) is 0 Å². The van der Waals surface area contributed by atoms with E-state index in [0.717, 1.165) is 5.56 Å². The molecular formula is C37H40FNO9. The number of hydrogen-bond donors (Lipinski definition) is 4. The monoisotopic (exact) mass is 661 g/mol. The van der Waals surface area contributed by atoms with Crippen molar-refractivity contribution in [3.63, 3.8) is 0 Å². The van der Waals surface area contributed by atoms with Crippen molar-refractivity contribution in [2.75, 3.05) is 27.9 Å². The number of nitrogens with one attached hydrogen (secondary N) is 1. The standard InChI is InChI=1S/C37H40FNO9/c1-37(2)34(46-5)32(41)33(42)36(48-37)47-26-19-28(21-8-6-10-24(38)16-21)27(30(40)20-26)14-15-39-35(43)23-12-13-31(45-4)29(18-23)22-9-7-11-25(17-22)44-3/h6-13,16-20,32-34,36,40-42H,14-15H2,1-5H3,(H,39,43)/t32-,33+,34+,36+/m0/s1. The Morgan fingerprint density at radius 1 is 0.875 bits per heavy atom. The minimum Gasteiger partial charge on any atom is -0.508 e. The molecule has 10 nitrogen and oxygen atoms in total. The molecule has 11 heteroatoms. The molecule has 0 saturated carbocycles. The average Bonchev–Trinajstić information content (AvgIpc) is 3.07. The topological polar surface area (TPSA) is 136 Å². The molecule has 1 saturated heterocycles. The molecule has 0 radical (unpaired) electrons. The van der Waals surface area contributed by atoms with E-state index in [0.29, 0.717) is 39.3 Å². The second kappa shape index (κ2) is 14.6. The second-order valence-electron chi connectivity index (χ2n) is 12.0. The van der Waals surface area contributed by atoms with Gasteiger partial charge in [0.25, 0.3) is 5.91 Å². The summed E-state index contributed by atoms with van der Waals surface area (Å²) >= 11 is 0. The lowest BCUT2D eigenvalue weighted by molar-refractivity contribution is -0.305. The molecule has 4 aromatic rings. The number of aliphatic hydroxyl groups is 2. The zero-order chi connectivity index (χ0) is 34.6. The van der Waals surface area contributed by atoms with Crippen LogP contribution < -0.4 is 19.5 Å². The van der Waals surface area contributed by atoms with E-state index < -0.39 is 36.0 Å². The second-order valence-corrected chi connectivity index (χ2v) is 12.0. The summed E-state index contributed by atoms with van der Waals surface area (Å²) in [7, 11) is 4.55. The first-order valence-electron chi connectivity index (χ1n) is 15.4. The summed E-state index contributed by atoms with van der Waals surface area (Å²) in [4.78, 5) is 13.3. The van der Waals surface area contributed by atoms with Crippen molar-refractivity contribution in [1.29, 1.82) is 0 Å². The van der Waals surface area contributed by atoms with Gasteiger partial charge in [0.2, 0.25) is 6.29 Å². The maximum absolute atomic E-state index is 14.3. The van der Waals surface area contributed by atoms with Gasteiger partial charge in [0, 0.05) is 36.4 Å². The van der Waals surface area contributed by atoms with Crippen LogP contribution in [0.15, 0.2) is 78.9 Å². The Balaban J connectivity index is 1.38. The molecule has 0 aromatic heterocycles. The van der Waals surface area contributed by atoms with Crippen LogP contribution in [0.2, 0.25) is 0 Å². The molecule has 4 aromatic carbocycles. The number of ether oxygens (including phenoxy) is 5. The van der Waals surface area contributed by atoms with Gasteiger partial charge in [-0.05, 0) is 85.5 Å². The summed E-state index contributed by atoms with van der Waals surface area (Å²) in [5.41, 5.74) is 2.26. The first kappa shape index (κ1) is 34.6. The van der Waals surface area contributed by atoms with E-state index in [-0.39, 0.29) is 30.4 Å². The number of aromatic hydroxyl groups is 1. The van der Waals surface area contributed by atoms with E-state index in [1.54, 1.807) is 64.5 Å². The number of phenols is 1. The average molecular weight is 662 g/mol. The fraction of sp³-hybridized carbons (Fsp3) is 0.324. The van der Waals surface area contributed by atoms with Gasteiger partial charge in [0.05, 0.1) is 19.8 Å². The molecule has 0 unspecified atom stereocenters. The molecule has 4 atom stereocenters. The SMILES string of the molecule is COc1cccc(-c2cc(C(=O)NCCc3c(O)cc(O[C@@H]4OC(C)(C)[C@H](OC)[C@@H](O)[C@H]4O)cc3-c3cccc(F)c3)ccc2OC)c1. The van der Waals surface area contributed by atoms with Crippen LogP contribution in [-0.2, 0) is 15.9 Å². The Labute approximate surface area is 278 Å². The van der Waals surface area contributed by atoms with Crippen molar-refractivity contribution in [1.82, 2.24) is 5.32 Å². The Hall–Kier alpha value is -4.68. The van der Waals surface area contributed by atoms with Crippen LogP contribution in [0.1, 0.15) is 29.8 Å². The number of rotatable bonds is 11. The molecule has 1 aliphatic heterocycles. The highest BCUT2D eigenvalue weighted by molar-refractivity contribution is 5.96. The van der Waals surface area contributed by atoms with Gasteiger partial charge in [0.15, 0.2) is 0 Å². The summed E-state index contributed by atoms with van der Waals surface area (Å²) in [6.45, 7) is 3.54. The maximum Gasteiger partial charge on any atom is 0.251 e. The first-order chi connectivity index (χ1) is 22.9. The van der Waals surface area contributed by atoms with Gasteiger partial charge in [-0.25, -0.2) is 4.39 Å². The third-order valence-corrected chi connectivity index (χ3v) is 8.39. The largest absolute Gasteiger partial charge is 0.508 e. The summed E-state index contributed by atoms with van der Waals surface area (Å²) in [5, 5.41) is 35.5. The Morgan fingerprint density at radius 3 is 2.29 bits per heavy atom. The highest BCUT2D eigenvalue weighted by Crippen LogP contribution is 2.38. The number of amides is 1. The highest BCUT2D eigenvalue weighted by atomic mass is 19.1. The Bertz CT molecular complexity index is 1760. The van der Waals surface area contributed by atoms with Crippen LogP contribution in [0.3, 0.4) is 0 Å². The molecule has 48 heavy (non-hydrogen) atoms. The normalized spacial score (nSPS) is 20.2. The molecule has 0 aliphatic carbocycles. The summed E-state index contributed by atoms with van der Waals surface area (Å²) in [6, 6.07) is 21.3. The van der Waals surface area contributed by atoms with E-state index in [9.17, 15) is 24.5 Å². The zero-order valence-electron chi connectivity index (χ0n) is 27.4. The predicted molar refractivity (Wildman–Crippen MR) is 177 cm³/mol. The lowest BCUT2D eigenvalue weighted by Gasteiger charge is -2.46. The van der Waals surface area contributed by atoms with Crippen LogP contribution in [-0.4, -0.2) is 79.3 Å². The highest BCUT2D eigenvalue weighted by Gasteiger charge is 2.50. The van der Waals surface area contributed by atoms with Crippen LogP contribution in [0, 0.1) is 5.82 Å². The van der Waals surface area contributed by atoms with Crippen molar-refractivity contribution < 1.29 is 48.2 Å². The van der Waals surface area contributed by atoms with E-state index in [1.165, 1.54) is 25.3 Å². The van der Waals surface area contributed by atoms with Crippen LogP contribution in [0.5, 0.6) is 23.0 Å². The van der Waals surface area contributed by atoms with Crippen molar-refractivity contribution in [3.05, 3.63) is 95.8 Å². The van der Waals surface area contributed by atoms with E-state index in [1.807, 2.05) is 24.3 Å². The van der Waals surface area contributed by atoms with Gasteiger partial charge in [-0.3, -0.25) is 4.79 Å². The van der Waals surface area contributed by atoms with Crippen LogP contribution in [0.4, 0.5) is 4.39 Å². The molecule has 1 aliphatic rings. The Kier molecular flexibility index (Phi) is 10.5. The summed E-state index contributed by atoms with van der Waals surface area (Å²) in [5.74, 6) is 0.377. The zero-order valence-corrected chi connectivity index (χ0v) is 27.4. The molecule has 0 bridgehead atoms.